The van der Waals surface area contributed by atoms with Crippen LogP contribution >= 0.6 is 0 Å². The maximum absolute atomic E-state index is 4.99. The monoisotopic (exact) mass is 344 g/mol. The van der Waals surface area contributed by atoms with Crippen molar-refractivity contribution in [3.63, 3.8) is 0 Å². The Labute approximate surface area is 155 Å². The van der Waals surface area contributed by atoms with E-state index in [9.17, 15) is 0 Å². The van der Waals surface area contributed by atoms with Crippen LogP contribution in [0.25, 0.3) is 27.3 Å². The summed E-state index contributed by atoms with van der Waals surface area (Å²) in [6.07, 6.45) is 0. The van der Waals surface area contributed by atoms with E-state index in [0.29, 0.717) is 0 Å². The Balaban J connectivity index is 2.55. The number of pyridine rings is 1. The van der Waals surface area contributed by atoms with Crippen molar-refractivity contribution in [2.45, 2.75) is 62.3 Å². The fourth-order valence-corrected chi connectivity index (χ4v) is 4.52. The second-order valence-corrected chi connectivity index (χ2v) is 8.03. The van der Waals surface area contributed by atoms with E-state index < -0.39 is 0 Å². The van der Waals surface area contributed by atoms with Gasteiger partial charge in [-0.05, 0) is 113 Å². The first-order valence-electron chi connectivity index (χ1n) is 9.45. The molecule has 0 unspecified atom stereocenters. The number of imidazole rings is 1. The highest BCUT2D eigenvalue weighted by Gasteiger charge is 2.21. The zero-order valence-electron chi connectivity index (χ0n) is 17.5. The second-order valence-electron chi connectivity index (χ2n) is 8.03. The van der Waals surface area contributed by atoms with Crippen LogP contribution in [0.3, 0.4) is 0 Å². The van der Waals surface area contributed by atoms with Crippen LogP contribution in [0.1, 0.15) is 50.3 Å². The van der Waals surface area contributed by atoms with Crippen LogP contribution in [-0.4, -0.2) is 9.38 Å². The Morgan fingerprint density at radius 2 is 1.23 bits per heavy atom. The normalized spacial score (nSPS) is 12.0. The van der Waals surface area contributed by atoms with Crippen LogP contribution in [0.2, 0.25) is 0 Å². The first kappa shape index (κ1) is 17.1. The number of rotatable bonds is 0. The van der Waals surface area contributed by atoms with Crippen molar-refractivity contribution in [2.24, 2.45) is 0 Å². The number of nitrogens with zero attached hydrogens (tertiary/aromatic N) is 2. The molecule has 2 heteroatoms. The summed E-state index contributed by atoms with van der Waals surface area (Å²) >= 11 is 0. The van der Waals surface area contributed by atoms with Gasteiger partial charge in [-0.2, -0.15) is 0 Å². The number of fused-ring (bicyclic) bond motifs is 6. The summed E-state index contributed by atoms with van der Waals surface area (Å²) in [6.45, 7) is 20.1. The van der Waals surface area contributed by atoms with Crippen LogP contribution in [0.5, 0.6) is 0 Å². The SMILES string of the molecule is Cc1cc2c(c(C)c1C)c1c(C)c(C)c(C)c(C)c1n1c(C)c(C)nc21. The van der Waals surface area contributed by atoms with E-state index in [4.69, 9.17) is 4.98 Å². The molecule has 0 amide bonds. The van der Waals surface area contributed by atoms with Gasteiger partial charge in [-0.3, -0.25) is 4.40 Å². The molecular weight excluding hydrogens is 316 g/mol. The third-order valence-corrected chi connectivity index (χ3v) is 6.87. The lowest BCUT2D eigenvalue weighted by molar-refractivity contribution is 1.12. The Hall–Kier alpha value is -2.35. The highest BCUT2D eigenvalue weighted by Crippen LogP contribution is 2.40. The van der Waals surface area contributed by atoms with Crippen LogP contribution in [-0.2, 0) is 0 Å². The summed E-state index contributed by atoms with van der Waals surface area (Å²) in [6, 6.07) is 2.34. The number of aryl methyl sites for hydroxylation is 6. The van der Waals surface area contributed by atoms with Gasteiger partial charge in [-0.25, -0.2) is 4.98 Å². The lowest BCUT2D eigenvalue weighted by atomic mass is 9.88. The highest BCUT2D eigenvalue weighted by molar-refractivity contribution is 6.16. The average molecular weight is 345 g/mol. The molecule has 2 heterocycles. The van der Waals surface area contributed by atoms with E-state index in [1.165, 1.54) is 66.3 Å². The van der Waals surface area contributed by atoms with E-state index in [-0.39, 0.29) is 0 Å². The fraction of sp³-hybridized carbons (Fsp3) is 0.375. The molecule has 0 saturated heterocycles. The molecule has 134 valence electrons. The zero-order chi connectivity index (χ0) is 19.1. The molecule has 4 rings (SSSR count). The van der Waals surface area contributed by atoms with Gasteiger partial charge >= 0.3 is 0 Å². The van der Waals surface area contributed by atoms with Gasteiger partial charge in [0.15, 0.2) is 0 Å². The summed E-state index contributed by atoms with van der Waals surface area (Å²) < 4.78 is 2.40. The summed E-state index contributed by atoms with van der Waals surface area (Å²) in [5.74, 6) is 0. The standard InChI is InChI=1S/C24H28N2/c1-11-10-20-21(15(5)12(11)2)22-16(6)13(3)14(4)17(7)23(22)26-19(9)18(8)25-24(20)26/h10H,1-9H3. The van der Waals surface area contributed by atoms with Gasteiger partial charge in [-0.15, -0.1) is 0 Å². The first-order chi connectivity index (χ1) is 12.2. The Bertz CT molecular complexity index is 1250. The van der Waals surface area contributed by atoms with Crippen molar-refractivity contribution >= 4 is 27.3 Å². The van der Waals surface area contributed by atoms with E-state index >= 15 is 0 Å². The van der Waals surface area contributed by atoms with Crippen molar-refractivity contribution in [1.82, 2.24) is 9.38 Å². The molecule has 0 saturated carbocycles. The number of aromatic nitrogens is 2. The molecule has 0 radical (unpaired) electrons. The van der Waals surface area contributed by atoms with E-state index in [1.807, 2.05) is 0 Å². The van der Waals surface area contributed by atoms with Gasteiger partial charge in [-0.1, -0.05) is 0 Å². The average Bonchev–Trinajstić information content (AvgIpc) is 2.90. The topological polar surface area (TPSA) is 17.3 Å². The minimum atomic E-state index is 1.10. The maximum atomic E-state index is 4.99. The smallest absolute Gasteiger partial charge is 0.145 e. The largest absolute Gasteiger partial charge is 0.296 e. The van der Waals surface area contributed by atoms with Crippen molar-refractivity contribution < 1.29 is 0 Å². The second kappa shape index (κ2) is 5.33. The summed E-state index contributed by atoms with van der Waals surface area (Å²) in [4.78, 5) is 4.99. The predicted octanol–water partition coefficient (Wildman–Crippen LogP) is 6.42. The van der Waals surface area contributed by atoms with Gasteiger partial charge in [0.05, 0.1) is 11.2 Å². The molecule has 4 aromatic rings. The molecule has 2 nitrogen and oxygen atoms in total. The molecule has 26 heavy (non-hydrogen) atoms. The van der Waals surface area contributed by atoms with Gasteiger partial charge < -0.3 is 0 Å². The van der Waals surface area contributed by atoms with Crippen LogP contribution in [0.4, 0.5) is 0 Å². The molecule has 0 bridgehead atoms. The lowest BCUT2D eigenvalue weighted by Gasteiger charge is -2.21. The van der Waals surface area contributed by atoms with E-state index in [2.05, 4.69) is 72.8 Å². The molecule has 0 aliphatic heterocycles. The molecule has 0 fully saturated rings. The van der Waals surface area contributed by atoms with Gasteiger partial charge in [0.1, 0.15) is 5.65 Å². The van der Waals surface area contributed by atoms with Crippen LogP contribution < -0.4 is 0 Å². The molecule has 0 aliphatic carbocycles. The number of hydrogen-bond donors (Lipinski definition) is 0. The number of hydrogen-bond acceptors (Lipinski definition) is 1. The summed E-state index contributed by atoms with van der Waals surface area (Å²) in [5.41, 5.74) is 14.5. The van der Waals surface area contributed by atoms with Crippen molar-refractivity contribution in [3.8, 4) is 0 Å². The lowest BCUT2D eigenvalue weighted by Crippen LogP contribution is -2.03. The highest BCUT2D eigenvalue weighted by atomic mass is 15.0. The van der Waals surface area contributed by atoms with Gasteiger partial charge in [0, 0.05) is 16.5 Å². The van der Waals surface area contributed by atoms with Crippen LogP contribution in [0.15, 0.2) is 6.07 Å². The molecule has 2 aromatic carbocycles. The Kier molecular flexibility index (Phi) is 3.50. The first-order valence-corrected chi connectivity index (χ1v) is 9.45. The summed E-state index contributed by atoms with van der Waals surface area (Å²) in [5, 5.41) is 4.05. The molecule has 0 spiro atoms. The quantitative estimate of drug-likeness (QED) is 0.337. The Morgan fingerprint density at radius 3 is 1.88 bits per heavy atom. The van der Waals surface area contributed by atoms with Gasteiger partial charge in [0.25, 0.3) is 0 Å². The Morgan fingerprint density at radius 1 is 0.654 bits per heavy atom. The number of benzene rings is 2. The van der Waals surface area contributed by atoms with E-state index in [0.717, 1.165) is 11.3 Å². The fourth-order valence-electron chi connectivity index (χ4n) is 4.52. The minimum Gasteiger partial charge on any atom is -0.296 e. The molecular formula is C24H28N2. The van der Waals surface area contributed by atoms with Crippen molar-refractivity contribution in [3.05, 3.63) is 56.4 Å². The molecule has 0 N–H and O–H groups in total. The van der Waals surface area contributed by atoms with E-state index in [1.54, 1.807) is 0 Å². The van der Waals surface area contributed by atoms with Gasteiger partial charge in [0.2, 0.25) is 0 Å². The van der Waals surface area contributed by atoms with Crippen molar-refractivity contribution in [1.29, 1.82) is 0 Å². The third-order valence-electron chi connectivity index (χ3n) is 6.87. The maximum Gasteiger partial charge on any atom is 0.145 e. The molecule has 0 aliphatic rings. The van der Waals surface area contributed by atoms with Crippen LogP contribution in [0, 0.1) is 62.3 Å². The predicted molar refractivity (Wildman–Crippen MR) is 113 cm³/mol. The van der Waals surface area contributed by atoms with Crippen molar-refractivity contribution in [2.75, 3.05) is 0 Å². The third kappa shape index (κ3) is 1.90. The molecule has 2 aromatic heterocycles. The summed E-state index contributed by atoms with van der Waals surface area (Å²) in [7, 11) is 0. The zero-order valence-corrected chi connectivity index (χ0v) is 17.5. The minimum absolute atomic E-state index is 1.10. The molecule has 0 atom stereocenters.